The summed E-state index contributed by atoms with van der Waals surface area (Å²) in [6, 6.07) is 11.1. The van der Waals surface area contributed by atoms with Crippen molar-refractivity contribution in [3.05, 3.63) is 75.1 Å². The lowest BCUT2D eigenvalue weighted by molar-refractivity contribution is -0.122. The van der Waals surface area contributed by atoms with Crippen molar-refractivity contribution in [3.8, 4) is 0 Å². The number of carbonyl (C=O) groups excluding carboxylic acids is 2. The van der Waals surface area contributed by atoms with Crippen molar-refractivity contribution in [1.82, 2.24) is 25.2 Å². The first-order valence-corrected chi connectivity index (χ1v) is 8.25. The first-order chi connectivity index (χ1) is 13.0. The number of hydrogen-bond donors (Lipinski definition) is 2. The van der Waals surface area contributed by atoms with Gasteiger partial charge in [-0.05, 0) is 19.1 Å². The Hall–Kier alpha value is -3.75. The highest BCUT2D eigenvalue weighted by Gasteiger charge is 2.16. The highest BCUT2D eigenvalue weighted by Crippen LogP contribution is 2.12. The van der Waals surface area contributed by atoms with Crippen LogP contribution in [0.15, 0.2) is 58.3 Å². The molecular formula is C18H17N5O4. The number of carbonyl (C=O) groups is 2. The molecule has 2 N–H and O–H groups in total. The molecule has 0 fully saturated rings. The highest BCUT2D eigenvalue weighted by atomic mass is 16.2. The van der Waals surface area contributed by atoms with Crippen molar-refractivity contribution in [2.45, 2.75) is 20.0 Å². The van der Waals surface area contributed by atoms with Crippen molar-refractivity contribution in [1.29, 1.82) is 0 Å². The van der Waals surface area contributed by atoms with Crippen LogP contribution >= 0.6 is 0 Å². The zero-order valence-electron chi connectivity index (χ0n) is 14.5. The summed E-state index contributed by atoms with van der Waals surface area (Å²) in [6.45, 7) is 1.79. The van der Waals surface area contributed by atoms with Gasteiger partial charge in [0.1, 0.15) is 6.54 Å². The maximum absolute atomic E-state index is 12.5. The summed E-state index contributed by atoms with van der Waals surface area (Å²) in [6.07, 6.45) is 1.47. The second-order valence-electron chi connectivity index (χ2n) is 5.68. The van der Waals surface area contributed by atoms with Crippen LogP contribution in [-0.2, 0) is 17.9 Å². The first-order valence-electron chi connectivity index (χ1n) is 8.25. The van der Waals surface area contributed by atoms with E-state index in [2.05, 4.69) is 16.0 Å². The minimum absolute atomic E-state index is 0.0178. The number of hydrazine groups is 1. The molecule has 9 heteroatoms. The van der Waals surface area contributed by atoms with Gasteiger partial charge in [-0.3, -0.25) is 30.0 Å². The molecule has 0 aliphatic carbocycles. The number of amides is 2. The fourth-order valence-electron chi connectivity index (χ4n) is 2.59. The number of pyridine rings is 1. The summed E-state index contributed by atoms with van der Waals surface area (Å²) in [4.78, 5) is 48.4. The van der Waals surface area contributed by atoms with E-state index in [9.17, 15) is 19.2 Å². The normalized spacial score (nSPS) is 10.6. The number of rotatable bonds is 4. The Morgan fingerprint density at radius 1 is 1.00 bits per heavy atom. The third-order valence-electron chi connectivity index (χ3n) is 3.91. The summed E-state index contributed by atoms with van der Waals surface area (Å²) in [5.74, 6) is -1.24. The molecule has 2 amide bonds. The van der Waals surface area contributed by atoms with E-state index in [0.29, 0.717) is 17.3 Å². The van der Waals surface area contributed by atoms with Gasteiger partial charge in [0.05, 0.1) is 5.39 Å². The molecule has 1 aromatic carbocycles. The van der Waals surface area contributed by atoms with Crippen LogP contribution in [0.1, 0.15) is 17.4 Å². The van der Waals surface area contributed by atoms with Gasteiger partial charge < -0.3 is 4.57 Å². The van der Waals surface area contributed by atoms with Gasteiger partial charge in [-0.2, -0.15) is 5.10 Å². The molecule has 0 saturated heterocycles. The maximum Gasteiger partial charge on any atom is 0.290 e. The molecule has 2 aromatic heterocycles. The van der Waals surface area contributed by atoms with E-state index in [0.717, 1.165) is 0 Å². The lowest BCUT2D eigenvalue weighted by Gasteiger charge is -2.11. The molecule has 0 aliphatic rings. The Kier molecular flexibility index (Phi) is 5.11. The maximum atomic E-state index is 12.5. The number of nitrogens with one attached hydrogen (secondary N) is 2. The van der Waals surface area contributed by atoms with Gasteiger partial charge in [-0.1, -0.05) is 24.3 Å². The summed E-state index contributed by atoms with van der Waals surface area (Å²) >= 11 is 0. The van der Waals surface area contributed by atoms with E-state index >= 15 is 0 Å². The van der Waals surface area contributed by atoms with Crippen LogP contribution in [0.5, 0.6) is 0 Å². The molecule has 0 radical (unpaired) electrons. The predicted molar refractivity (Wildman–Crippen MR) is 98.0 cm³/mol. The Bertz CT molecular complexity index is 1130. The standard InChI is InChI=1S/C18H17N5O4/c1-2-23-18(27)13-8-4-3-7-12(13)16(21-23)17(26)20-19-14(24)11-22-10-6-5-9-15(22)25/h3-10H,2,11H2,1H3,(H,19,24)(H,20,26). The van der Waals surface area contributed by atoms with Crippen LogP contribution in [0, 0.1) is 0 Å². The third-order valence-corrected chi connectivity index (χ3v) is 3.91. The number of hydrogen-bond acceptors (Lipinski definition) is 5. The zero-order chi connectivity index (χ0) is 19.4. The summed E-state index contributed by atoms with van der Waals surface area (Å²) in [7, 11) is 0. The van der Waals surface area contributed by atoms with Crippen molar-refractivity contribution < 1.29 is 9.59 Å². The summed E-state index contributed by atoms with van der Waals surface area (Å²) in [5.41, 5.74) is 3.91. The minimum Gasteiger partial charge on any atom is -0.306 e. The molecule has 0 aliphatic heterocycles. The van der Waals surface area contributed by atoms with E-state index in [-0.39, 0.29) is 23.4 Å². The number of aromatic nitrogens is 3. The van der Waals surface area contributed by atoms with Crippen LogP contribution in [0.4, 0.5) is 0 Å². The van der Waals surface area contributed by atoms with Gasteiger partial charge >= 0.3 is 0 Å². The molecule has 9 nitrogen and oxygen atoms in total. The van der Waals surface area contributed by atoms with Crippen molar-refractivity contribution in [2.75, 3.05) is 0 Å². The van der Waals surface area contributed by atoms with Gasteiger partial charge in [0.15, 0.2) is 5.69 Å². The topological polar surface area (TPSA) is 115 Å². The average Bonchev–Trinajstić information content (AvgIpc) is 2.68. The molecule has 27 heavy (non-hydrogen) atoms. The van der Waals surface area contributed by atoms with Gasteiger partial charge in [0.25, 0.3) is 22.9 Å². The number of benzene rings is 1. The highest BCUT2D eigenvalue weighted by molar-refractivity contribution is 6.05. The van der Waals surface area contributed by atoms with Gasteiger partial charge in [0.2, 0.25) is 0 Å². The molecule has 0 unspecified atom stereocenters. The summed E-state index contributed by atoms with van der Waals surface area (Å²) < 4.78 is 2.38. The van der Waals surface area contributed by atoms with Crippen molar-refractivity contribution >= 4 is 22.6 Å². The van der Waals surface area contributed by atoms with Crippen LogP contribution in [0.3, 0.4) is 0 Å². The molecule has 2 heterocycles. The second kappa shape index (κ2) is 7.65. The first kappa shape index (κ1) is 18.1. The number of aryl methyl sites for hydroxylation is 1. The Balaban J connectivity index is 1.79. The molecule has 138 valence electrons. The fraction of sp³-hybridized carbons (Fsp3) is 0.167. The lowest BCUT2D eigenvalue weighted by Crippen LogP contribution is -2.45. The molecule has 0 saturated carbocycles. The van der Waals surface area contributed by atoms with E-state index < -0.39 is 11.8 Å². The van der Waals surface area contributed by atoms with E-state index in [1.165, 1.54) is 21.5 Å². The minimum atomic E-state index is -0.665. The zero-order valence-corrected chi connectivity index (χ0v) is 14.5. The monoisotopic (exact) mass is 367 g/mol. The van der Waals surface area contributed by atoms with Crippen molar-refractivity contribution in [2.24, 2.45) is 0 Å². The van der Waals surface area contributed by atoms with Crippen LogP contribution in [0.2, 0.25) is 0 Å². The van der Waals surface area contributed by atoms with E-state index in [4.69, 9.17) is 0 Å². The summed E-state index contributed by atoms with van der Waals surface area (Å²) in [5, 5.41) is 4.83. The van der Waals surface area contributed by atoms with E-state index in [1.54, 1.807) is 43.3 Å². The Labute approximate surface area is 153 Å². The van der Waals surface area contributed by atoms with Gasteiger partial charge in [0, 0.05) is 24.2 Å². The molecule has 0 spiro atoms. The van der Waals surface area contributed by atoms with Crippen molar-refractivity contribution in [3.63, 3.8) is 0 Å². The average molecular weight is 367 g/mol. The Morgan fingerprint density at radius 2 is 1.70 bits per heavy atom. The Morgan fingerprint density at radius 3 is 2.41 bits per heavy atom. The lowest BCUT2D eigenvalue weighted by atomic mass is 10.1. The molecule has 0 atom stereocenters. The van der Waals surface area contributed by atoms with E-state index in [1.807, 2.05) is 0 Å². The fourth-order valence-corrected chi connectivity index (χ4v) is 2.59. The van der Waals surface area contributed by atoms with Gasteiger partial charge in [-0.15, -0.1) is 0 Å². The molecule has 3 rings (SSSR count). The predicted octanol–water partition coefficient (Wildman–Crippen LogP) is 0.0393. The molecule has 3 aromatic rings. The van der Waals surface area contributed by atoms with Gasteiger partial charge in [-0.25, -0.2) is 4.68 Å². The quantitative estimate of drug-likeness (QED) is 0.632. The van der Waals surface area contributed by atoms with Crippen LogP contribution < -0.4 is 22.0 Å². The molecular weight excluding hydrogens is 350 g/mol. The smallest absolute Gasteiger partial charge is 0.290 e. The number of fused-ring (bicyclic) bond motifs is 1. The SMILES string of the molecule is CCn1nc(C(=O)NNC(=O)Cn2ccccc2=O)c2ccccc2c1=O. The third kappa shape index (κ3) is 3.76. The van der Waals surface area contributed by atoms with Crippen LogP contribution in [0.25, 0.3) is 10.8 Å². The largest absolute Gasteiger partial charge is 0.306 e. The number of nitrogens with zero attached hydrogens (tertiary/aromatic N) is 3. The second-order valence-corrected chi connectivity index (χ2v) is 5.68. The van der Waals surface area contributed by atoms with Crippen LogP contribution in [-0.4, -0.2) is 26.2 Å². The molecule has 0 bridgehead atoms.